The molecule has 0 spiro atoms. The summed E-state index contributed by atoms with van der Waals surface area (Å²) in [6, 6.07) is 7.64. The maximum Gasteiger partial charge on any atom is 0.230 e. The second-order valence-electron chi connectivity index (χ2n) is 5.41. The third-order valence-electron chi connectivity index (χ3n) is 3.10. The molecule has 124 valence electrons. The summed E-state index contributed by atoms with van der Waals surface area (Å²) in [5, 5.41) is 13.7. The zero-order chi connectivity index (χ0) is 16.8. The molecule has 1 aromatic carbocycles. The van der Waals surface area contributed by atoms with E-state index in [0.29, 0.717) is 28.2 Å². The molecule has 0 aliphatic rings. The number of aliphatic hydroxyl groups is 1. The van der Waals surface area contributed by atoms with Crippen molar-refractivity contribution in [1.82, 2.24) is 14.9 Å². The fraction of sp³-hybridized carbons (Fsp3) is 0.375. The molecule has 0 bridgehead atoms. The Morgan fingerprint density at radius 2 is 2.09 bits per heavy atom. The van der Waals surface area contributed by atoms with Crippen LogP contribution in [0.25, 0.3) is 0 Å². The Morgan fingerprint density at radius 3 is 2.70 bits per heavy atom. The fourth-order valence-electron chi connectivity index (χ4n) is 2.07. The molecular formula is C16H20ClN3O2S. The Bertz CT molecular complexity index is 656. The predicted octanol–water partition coefficient (Wildman–Crippen LogP) is 2.69. The van der Waals surface area contributed by atoms with Gasteiger partial charge in [0.15, 0.2) is 5.16 Å². The summed E-state index contributed by atoms with van der Waals surface area (Å²) in [7, 11) is 0. The standard InChI is InChI=1S/C16H20ClN3O2S/c1-11(2)19-15(22)10-23-16-18-7-14(9-21)20(16)8-12-3-5-13(17)6-4-12/h3-7,11,21H,8-10H2,1-2H3,(H,19,22). The predicted molar refractivity (Wildman–Crippen MR) is 92.7 cm³/mol. The normalized spacial score (nSPS) is 11.0. The maximum atomic E-state index is 11.8. The Labute approximate surface area is 145 Å². The van der Waals surface area contributed by atoms with Crippen LogP contribution >= 0.6 is 23.4 Å². The average molecular weight is 354 g/mol. The first-order chi connectivity index (χ1) is 11.0. The number of halogens is 1. The molecule has 0 saturated heterocycles. The van der Waals surface area contributed by atoms with Crippen LogP contribution in [-0.4, -0.2) is 32.4 Å². The van der Waals surface area contributed by atoms with Crippen molar-refractivity contribution in [3.8, 4) is 0 Å². The molecule has 2 aromatic rings. The molecule has 0 fully saturated rings. The summed E-state index contributed by atoms with van der Waals surface area (Å²) in [6.45, 7) is 4.32. The Hall–Kier alpha value is -1.50. The van der Waals surface area contributed by atoms with Crippen LogP contribution in [0.3, 0.4) is 0 Å². The van der Waals surface area contributed by atoms with Crippen molar-refractivity contribution < 1.29 is 9.90 Å². The van der Waals surface area contributed by atoms with Crippen molar-refractivity contribution in [2.24, 2.45) is 0 Å². The molecule has 1 aromatic heterocycles. The van der Waals surface area contributed by atoms with Crippen LogP contribution in [0.1, 0.15) is 25.1 Å². The molecule has 23 heavy (non-hydrogen) atoms. The highest BCUT2D eigenvalue weighted by molar-refractivity contribution is 7.99. The van der Waals surface area contributed by atoms with Crippen molar-refractivity contribution in [3.05, 3.63) is 46.7 Å². The van der Waals surface area contributed by atoms with E-state index in [-0.39, 0.29) is 18.6 Å². The number of amides is 1. The molecular weight excluding hydrogens is 334 g/mol. The molecule has 7 heteroatoms. The number of rotatable bonds is 7. The molecule has 0 aliphatic heterocycles. The van der Waals surface area contributed by atoms with Gasteiger partial charge in [-0.3, -0.25) is 4.79 Å². The van der Waals surface area contributed by atoms with Gasteiger partial charge in [-0.2, -0.15) is 0 Å². The van der Waals surface area contributed by atoms with Crippen molar-refractivity contribution >= 4 is 29.3 Å². The van der Waals surface area contributed by atoms with E-state index in [1.54, 1.807) is 6.20 Å². The van der Waals surface area contributed by atoms with Crippen LogP contribution in [-0.2, 0) is 17.9 Å². The van der Waals surface area contributed by atoms with Crippen LogP contribution in [0.4, 0.5) is 0 Å². The Kier molecular flexibility index (Phi) is 6.50. The van der Waals surface area contributed by atoms with Gasteiger partial charge in [-0.1, -0.05) is 35.5 Å². The number of aromatic nitrogens is 2. The monoisotopic (exact) mass is 353 g/mol. The van der Waals surface area contributed by atoms with E-state index in [0.717, 1.165) is 5.56 Å². The summed E-state index contributed by atoms with van der Waals surface area (Å²) < 4.78 is 1.91. The van der Waals surface area contributed by atoms with Crippen LogP contribution in [0.5, 0.6) is 0 Å². The van der Waals surface area contributed by atoms with Gasteiger partial charge in [0.1, 0.15) is 0 Å². The summed E-state index contributed by atoms with van der Waals surface area (Å²) in [6.07, 6.45) is 1.64. The Balaban J connectivity index is 2.10. The van der Waals surface area contributed by atoms with Gasteiger partial charge in [0.2, 0.25) is 5.91 Å². The highest BCUT2D eigenvalue weighted by atomic mass is 35.5. The van der Waals surface area contributed by atoms with Gasteiger partial charge in [-0.15, -0.1) is 0 Å². The number of hydrogen-bond donors (Lipinski definition) is 2. The van der Waals surface area contributed by atoms with Crippen molar-refractivity contribution in [2.75, 3.05) is 5.75 Å². The highest BCUT2D eigenvalue weighted by Crippen LogP contribution is 2.21. The summed E-state index contributed by atoms with van der Waals surface area (Å²) in [4.78, 5) is 16.1. The summed E-state index contributed by atoms with van der Waals surface area (Å²) in [5.41, 5.74) is 1.77. The van der Waals surface area contributed by atoms with E-state index < -0.39 is 0 Å². The number of hydrogen-bond acceptors (Lipinski definition) is 4. The molecule has 0 atom stereocenters. The van der Waals surface area contributed by atoms with Gasteiger partial charge in [0.25, 0.3) is 0 Å². The maximum absolute atomic E-state index is 11.8. The molecule has 0 unspecified atom stereocenters. The number of carbonyl (C=O) groups is 1. The Morgan fingerprint density at radius 1 is 1.39 bits per heavy atom. The number of carbonyl (C=O) groups excluding carboxylic acids is 1. The molecule has 2 rings (SSSR count). The molecule has 0 aliphatic carbocycles. The number of nitrogens with one attached hydrogen (secondary N) is 1. The SMILES string of the molecule is CC(C)NC(=O)CSc1ncc(CO)n1Cc1ccc(Cl)cc1. The fourth-order valence-corrected chi connectivity index (χ4v) is 3.00. The minimum absolute atomic E-state index is 0.0309. The number of thioether (sulfide) groups is 1. The molecule has 1 amide bonds. The lowest BCUT2D eigenvalue weighted by Crippen LogP contribution is -2.31. The molecule has 2 N–H and O–H groups in total. The topological polar surface area (TPSA) is 67.2 Å². The van der Waals surface area contributed by atoms with Gasteiger partial charge in [-0.05, 0) is 31.5 Å². The quantitative estimate of drug-likeness (QED) is 0.751. The first-order valence-corrected chi connectivity index (χ1v) is 8.68. The second kappa shape index (κ2) is 8.38. The number of nitrogens with zero attached hydrogens (tertiary/aromatic N) is 2. The number of benzene rings is 1. The van der Waals surface area contributed by atoms with E-state index in [9.17, 15) is 9.90 Å². The van der Waals surface area contributed by atoms with E-state index in [1.165, 1.54) is 11.8 Å². The van der Waals surface area contributed by atoms with Gasteiger partial charge < -0.3 is 15.0 Å². The summed E-state index contributed by atoms with van der Waals surface area (Å²) >= 11 is 7.26. The average Bonchev–Trinajstić information content (AvgIpc) is 2.89. The van der Waals surface area contributed by atoms with Gasteiger partial charge in [0.05, 0.1) is 24.3 Å². The number of aliphatic hydroxyl groups excluding tert-OH is 1. The van der Waals surface area contributed by atoms with E-state index in [2.05, 4.69) is 10.3 Å². The largest absolute Gasteiger partial charge is 0.390 e. The zero-order valence-electron chi connectivity index (χ0n) is 13.1. The van der Waals surface area contributed by atoms with Crippen molar-refractivity contribution in [3.63, 3.8) is 0 Å². The second-order valence-corrected chi connectivity index (χ2v) is 6.79. The molecule has 1 heterocycles. The lowest BCUT2D eigenvalue weighted by Gasteiger charge is -2.12. The zero-order valence-corrected chi connectivity index (χ0v) is 14.7. The highest BCUT2D eigenvalue weighted by Gasteiger charge is 2.13. The minimum Gasteiger partial charge on any atom is -0.390 e. The van der Waals surface area contributed by atoms with Crippen LogP contribution in [0, 0.1) is 0 Å². The van der Waals surface area contributed by atoms with Crippen molar-refractivity contribution in [1.29, 1.82) is 0 Å². The number of imidazole rings is 1. The van der Waals surface area contributed by atoms with Gasteiger partial charge in [-0.25, -0.2) is 4.98 Å². The smallest absolute Gasteiger partial charge is 0.230 e. The lowest BCUT2D eigenvalue weighted by molar-refractivity contribution is -0.119. The van der Waals surface area contributed by atoms with Gasteiger partial charge in [0, 0.05) is 17.6 Å². The molecule has 0 saturated carbocycles. The van der Waals surface area contributed by atoms with Crippen LogP contribution in [0.15, 0.2) is 35.6 Å². The summed E-state index contributed by atoms with van der Waals surface area (Å²) in [5.74, 6) is 0.261. The van der Waals surface area contributed by atoms with E-state index in [4.69, 9.17) is 11.6 Å². The first kappa shape index (κ1) is 17.8. The minimum atomic E-state index is -0.0979. The van der Waals surface area contributed by atoms with Crippen molar-refractivity contribution in [2.45, 2.75) is 38.2 Å². The van der Waals surface area contributed by atoms with Crippen LogP contribution in [0.2, 0.25) is 5.02 Å². The third-order valence-corrected chi connectivity index (χ3v) is 4.34. The van der Waals surface area contributed by atoms with Crippen LogP contribution < -0.4 is 5.32 Å². The molecule has 5 nitrogen and oxygen atoms in total. The van der Waals surface area contributed by atoms with E-state index in [1.807, 2.05) is 42.7 Å². The first-order valence-electron chi connectivity index (χ1n) is 7.31. The third kappa shape index (κ3) is 5.27. The lowest BCUT2D eigenvalue weighted by atomic mass is 10.2. The molecule has 0 radical (unpaired) electrons. The van der Waals surface area contributed by atoms with E-state index >= 15 is 0 Å². The van der Waals surface area contributed by atoms with Gasteiger partial charge >= 0.3 is 0 Å².